The van der Waals surface area contributed by atoms with E-state index in [1.54, 1.807) is 6.92 Å². The number of amidine groups is 1. The SMILES string of the molecule is C[C@]1(c2cc(CC(=O)c3cnc(OCC(F)(F)F)cn3)ccc2F)N=C(N)S[C@@]2(CF)C[C@H]21. The van der Waals surface area contributed by atoms with E-state index < -0.39 is 41.3 Å². The van der Waals surface area contributed by atoms with Crippen LogP contribution in [0.25, 0.3) is 0 Å². The third kappa shape index (κ3) is 4.66. The predicted molar refractivity (Wildman–Crippen MR) is 111 cm³/mol. The predicted octanol–water partition coefficient (Wildman–Crippen LogP) is 3.99. The summed E-state index contributed by atoms with van der Waals surface area (Å²) in [5.41, 5.74) is 5.45. The highest BCUT2D eigenvalue weighted by molar-refractivity contribution is 8.15. The van der Waals surface area contributed by atoms with Crippen LogP contribution in [0.15, 0.2) is 35.6 Å². The van der Waals surface area contributed by atoms with Crippen molar-refractivity contribution in [3.05, 3.63) is 53.2 Å². The van der Waals surface area contributed by atoms with Gasteiger partial charge < -0.3 is 10.5 Å². The second-order valence-electron chi connectivity index (χ2n) is 8.21. The van der Waals surface area contributed by atoms with Crippen molar-refractivity contribution in [2.75, 3.05) is 13.3 Å². The Hall–Kier alpha value is -2.76. The molecule has 4 rings (SSSR count). The zero-order chi connectivity index (χ0) is 24.0. The summed E-state index contributed by atoms with van der Waals surface area (Å²) < 4.78 is 68.9. The average Bonchev–Trinajstić information content (AvgIpc) is 3.49. The Morgan fingerprint density at radius 3 is 2.70 bits per heavy atom. The average molecular weight is 486 g/mol. The van der Waals surface area contributed by atoms with E-state index >= 15 is 0 Å². The van der Waals surface area contributed by atoms with E-state index in [0.29, 0.717) is 12.0 Å². The number of nitrogens with zero attached hydrogens (tertiary/aromatic N) is 3. The zero-order valence-corrected chi connectivity index (χ0v) is 18.1. The molecule has 1 aliphatic heterocycles. The van der Waals surface area contributed by atoms with Gasteiger partial charge in [-0.1, -0.05) is 17.8 Å². The molecule has 0 spiro atoms. The highest BCUT2D eigenvalue weighted by atomic mass is 32.2. The van der Waals surface area contributed by atoms with Crippen molar-refractivity contribution in [3.63, 3.8) is 0 Å². The van der Waals surface area contributed by atoms with Crippen LogP contribution < -0.4 is 10.5 Å². The first-order valence-corrected chi connectivity index (χ1v) is 10.7. The number of ketones is 1. The number of rotatable bonds is 7. The number of carbonyl (C=O) groups excluding carboxylic acids is 1. The number of nitrogens with two attached hydrogens (primary N) is 1. The van der Waals surface area contributed by atoms with Crippen LogP contribution in [0, 0.1) is 11.7 Å². The van der Waals surface area contributed by atoms with E-state index in [-0.39, 0.29) is 34.6 Å². The number of hydrogen-bond acceptors (Lipinski definition) is 7. The lowest BCUT2D eigenvalue weighted by molar-refractivity contribution is -0.154. The van der Waals surface area contributed by atoms with E-state index in [4.69, 9.17) is 5.73 Å². The number of aliphatic imine (C=N–C) groups is 1. The fraction of sp³-hybridized carbons (Fsp3) is 0.429. The van der Waals surface area contributed by atoms with Crippen molar-refractivity contribution in [1.29, 1.82) is 0 Å². The summed E-state index contributed by atoms with van der Waals surface area (Å²) in [6, 6.07) is 4.17. The lowest BCUT2D eigenvalue weighted by Gasteiger charge is -2.33. The topological polar surface area (TPSA) is 90.5 Å². The van der Waals surface area contributed by atoms with Crippen molar-refractivity contribution < 1.29 is 31.5 Å². The van der Waals surface area contributed by atoms with Crippen molar-refractivity contribution >= 4 is 22.7 Å². The zero-order valence-electron chi connectivity index (χ0n) is 17.3. The normalized spacial score (nSPS) is 26.4. The third-order valence-electron chi connectivity index (χ3n) is 5.82. The molecule has 6 nitrogen and oxygen atoms in total. The molecule has 2 aliphatic rings. The molecule has 1 aromatic heterocycles. The maximum atomic E-state index is 14.8. The fourth-order valence-electron chi connectivity index (χ4n) is 4.11. The second-order valence-corrected chi connectivity index (χ2v) is 9.65. The Morgan fingerprint density at radius 1 is 1.30 bits per heavy atom. The lowest BCUT2D eigenvalue weighted by atomic mass is 9.84. The van der Waals surface area contributed by atoms with Crippen molar-refractivity contribution in [2.24, 2.45) is 16.6 Å². The molecule has 3 atom stereocenters. The molecule has 2 heterocycles. The molecule has 2 N–H and O–H groups in total. The van der Waals surface area contributed by atoms with Gasteiger partial charge in [0.2, 0.25) is 5.88 Å². The molecule has 33 heavy (non-hydrogen) atoms. The number of benzene rings is 1. The molecule has 1 aromatic carbocycles. The summed E-state index contributed by atoms with van der Waals surface area (Å²) in [6.07, 6.45) is -2.23. The van der Waals surface area contributed by atoms with Gasteiger partial charge in [-0.05, 0) is 31.0 Å². The molecular weight excluding hydrogens is 467 g/mol. The number of hydrogen-bond donors (Lipinski definition) is 1. The molecule has 0 bridgehead atoms. The van der Waals surface area contributed by atoms with Crippen molar-refractivity contribution in [1.82, 2.24) is 9.97 Å². The molecule has 1 saturated carbocycles. The van der Waals surface area contributed by atoms with Crippen LogP contribution in [0.5, 0.6) is 5.88 Å². The first kappa shape index (κ1) is 23.4. The number of ether oxygens (including phenoxy) is 1. The van der Waals surface area contributed by atoms with E-state index in [1.807, 2.05) is 0 Å². The Morgan fingerprint density at radius 2 is 2.06 bits per heavy atom. The van der Waals surface area contributed by atoms with Crippen LogP contribution in [0.1, 0.15) is 35.0 Å². The van der Waals surface area contributed by atoms with Crippen LogP contribution >= 0.6 is 11.8 Å². The molecule has 0 unspecified atom stereocenters. The van der Waals surface area contributed by atoms with Crippen molar-refractivity contribution in [2.45, 2.75) is 36.2 Å². The standard InChI is InChI=1S/C21H19F5N4O2S/c1-19(16-6-20(16,9-22)33-18(27)30-19)12-4-11(2-3-13(12)23)5-15(31)14-7-29-17(8-28-14)32-10-21(24,25)26/h2-4,7-8,16H,5-6,9-10H2,1H3,(H2,27,30)/t16-,19+,20+/m0/s1. The minimum absolute atomic E-state index is 0.0820. The molecule has 0 radical (unpaired) electrons. The summed E-state index contributed by atoms with van der Waals surface area (Å²) in [5.74, 6) is -1.61. The van der Waals surface area contributed by atoms with Gasteiger partial charge in [0, 0.05) is 17.9 Å². The Labute approximate surface area is 189 Å². The molecule has 2 aromatic rings. The molecule has 0 saturated heterocycles. The van der Waals surface area contributed by atoms with Gasteiger partial charge in [0.25, 0.3) is 0 Å². The molecule has 176 valence electrons. The van der Waals surface area contributed by atoms with Gasteiger partial charge in [0.05, 0.1) is 22.7 Å². The first-order valence-electron chi connectivity index (χ1n) is 9.90. The van der Waals surface area contributed by atoms with E-state index in [0.717, 1.165) is 12.4 Å². The van der Waals surface area contributed by atoms with Gasteiger partial charge in [-0.2, -0.15) is 13.2 Å². The summed E-state index contributed by atoms with van der Waals surface area (Å²) in [4.78, 5) is 24.5. The summed E-state index contributed by atoms with van der Waals surface area (Å²) >= 11 is 1.17. The van der Waals surface area contributed by atoms with Gasteiger partial charge in [0.15, 0.2) is 17.6 Å². The van der Waals surface area contributed by atoms with Gasteiger partial charge in [0.1, 0.15) is 18.2 Å². The Kier molecular flexibility index (Phi) is 5.83. The summed E-state index contributed by atoms with van der Waals surface area (Å²) in [6.45, 7) is -0.422. The number of carbonyl (C=O) groups is 1. The lowest BCUT2D eigenvalue weighted by Crippen LogP contribution is -2.36. The van der Waals surface area contributed by atoms with Crippen molar-refractivity contribution in [3.8, 4) is 5.88 Å². The number of alkyl halides is 4. The highest BCUT2D eigenvalue weighted by Crippen LogP contribution is 2.66. The van der Waals surface area contributed by atoms with Gasteiger partial charge in [-0.15, -0.1) is 0 Å². The monoisotopic (exact) mass is 486 g/mol. The third-order valence-corrected chi connectivity index (χ3v) is 7.09. The summed E-state index contributed by atoms with van der Waals surface area (Å²) in [7, 11) is 0. The molecule has 12 heteroatoms. The smallest absolute Gasteiger partial charge is 0.422 e. The largest absolute Gasteiger partial charge is 0.467 e. The maximum Gasteiger partial charge on any atom is 0.422 e. The molecule has 1 aliphatic carbocycles. The second kappa shape index (κ2) is 8.23. The van der Waals surface area contributed by atoms with Crippen LogP contribution in [0.4, 0.5) is 22.0 Å². The maximum absolute atomic E-state index is 14.8. The van der Waals surface area contributed by atoms with Crippen LogP contribution in [-0.2, 0) is 12.0 Å². The van der Waals surface area contributed by atoms with Gasteiger partial charge in [-0.25, -0.2) is 18.7 Å². The molecule has 1 fully saturated rings. The minimum Gasteiger partial charge on any atom is -0.467 e. The van der Waals surface area contributed by atoms with E-state index in [9.17, 15) is 26.7 Å². The minimum atomic E-state index is -4.52. The Bertz CT molecular complexity index is 1110. The number of Topliss-reactive ketones (excluding diaryl/α,β-unsaturated/α-hetero) is 1. The molecular formula is C21H19F5N4O2S. The number of thioether (sulfide) groups is 1. The number of fused-ring (bicyclic) bond motifs is 1. The Balaban J connectivity index is 1.52. The molecule has 0 amide bonds. The fourth-order valence-corrected chi connectivity index (χ4v) is 5.44. The van der Waals surface area contributed by atoms with E-state index in [1.165, 1.54) is 30.0 Å². The number of aromatic nitrogens is 2. The van der Waals surface area contributed by atoms with Gasteiger partial charge in [-0.3, -0.25) is 9.79 Å². The summed E-state index contributed by atoms with van der Waals surface area (Å²) in [5, 5.41) is 0.188. The number of halogens is 5. The van der Waals surface area contributed by atoms with Gasteiger partial charge >= 0.3 is 6.18 Å². The quantitative estimate of drug-likeness (QED) is 0.470. The van der Waals surface area contributed by atoms with Crippen LogP contribution in [-0.4, -0.2) is 45.1 Å². The van der Waals surface area contributed by atoms with Crippen LogP contribution in [0.3, 0.4) is 0 Å². The highest BCUT2D eigenvalue weighted by Gasteiger charge is 2.66. The van der Waals surface area contributed by atoms with E-state index in [2.05, 4.69) is 19.7 Å². The first-order chi connectivity index (χ1) is 15.5. The van der Waals surface area contributed by atoms with Crippen LogP contribution in [0.2, 0.25) is 0 Å².